The van der Waals surface area contributed by atoms with E-state index in [9.17, 15) is 9.90 Å². The Hall–Kier alpha value is -1.55. The molecular formula is C15H24N2O2. The van der Waals surface area contributed by atoms with Gasteiger partial charge in [-0.15, -0.1) is 0 Å². The molecule has 1 unspecified atom stereocenters. The summed E-state index contributed by atoms with van der Waals surface area (Å²) in [6.07, 6.45) is 4.09. The highest BCUT2D eigenvalue weighted by Crippen LogP contribution is 2.15. The quantitative estimate of drug-likeness (QED) is 0.661. The molecule has 0 bridgehead atoms. The molecule has 0 saturated carbocycles. The van der Waals surface area contributed by atoms with E-state index in [0.717, 1.165) is 24.1 Å². The third-order valence-electron chi connectivity index (χ3n) is 2.97. The zero-order chi connectivity index (χ0) is 14.1. The van der Waals surface area contributed by atoms with Crippen molar-refractivity contribution in [2.24, 2.45) is 0 Å². The first-order valence-electron chi connectivity index (χ1n) is 6.96. The van der Waals surface area contributed by atoms with Crippen molar-refractivity contribution in [1.29, 1.82) is 0 Å². The van der Waals surface area contributed by atoms with Crippen molar-refractivity contribution in [2.45, 2.75) is 45.6 Å². The number of hydrogen-bond donors (Lipinski definition) is 3. The van der Waals surface area contributed by atoms with Crippen molar-refractivity contribution in [1.82, 2.24) is 5.32 Å². The molecule has 0 radical (unpaired) electrons. The minimum Gasteiger partial charge on any atom is -0.389 e. The Kier molecular flexibility index (Phi) is 6.97. The SMILES string of the molecule is CCCCCCNC(=O)Nc1ccc(C(C)O)cc1. The van der Waals surface area contributed by atoms with Gasteiger partial charge >= 0.3 is 6.03 Å². The van der Waals surface area contributed by atoms with Crippen LogP contribution in [0.5, 0.6) is 0 Å². The fourth-order valence-corrected chi connectivity index (χ4v) is 1.77. The molecule has 0 aliphatic carbocycles. The van der Waals surface area contributed by atoms with Gasteiger partial charge in [-0.1, -0.05) is 38.3 Å². The van der Waals surface area contributed by atoms with Crippen LogP contribution in [0.2, 0.25) is 0 Å². The first-order chi connectivity index (χ1) is 9.13. The number of carbonyl (C=O) groups excluding carboxylic acids is 1. The average molecular weight is 264 g/mol. The number of aliphatic hydroxyl groups excluding tert-OH is 1. The Morgan fingerprint density at radius 1 is 1.21 bits per heavy atom. The number of hydrogen-bond acceptors (Lipinski definition) is 2. The van der Waals surface area contributed by atoms with E-state index in [-0.39, 0.29) is 6.03 Å². The maximum Gasteiger partial charge on any atom is 0.319 e. The summed E-state index contributed by atoms with van der Waals surface area (Å²) in [6.45, 7) is 4.58. The zero-order valence-corrected chi connectivity index (χ0v) is 11.8. The van der Waals surface area contributed by atoms with Gasteiger partial charge in [-0.25, -0.2) is 4.79 Å². The van der Waals surface area contributed by atoms with Crippen LogP contribution in [0.1, 0.15) is 51.2 Å². The normalized spacial score (nSPS) is 11.9. The summed E-state index contributed by atoms with van der Waals surface area (Å²) in [5, 5.41) is 15.0. The predicted molar refractivity (Wildman–Crippen MR) is 78.2 cm³/mol. The van der Waals surface area contributed by atoms with Gasteiger partial charge in [0.2, 0.25) is 0 Å². The lowest BCUT2D eigenvalue weighted by Gasteiger charge is -2.09. The van der Waals surface area contributed by atoms with Crippen molar-refractivity contribution < 1.29 is 9.90 Å². The fraction of sp³-hybridized carbons (Fsp3) is 0.533. The summed E-state index contributed by atoms with van der Waals surface area (Å²) in [7, 11) is 0. The number of urea groups is 1. The smallest absolute Gasteiger partial charge is 0.319 e. The highest BCUT2D eigenvalue weighted by atomic mass is 16.3. The Morgan fingerprint density at radius 3 is 2.47 bits per heavy atom. The van der Waals surface area contributed by atoms with Crippen LogP contribution in [-0.4, -0.2) is 17.7 Å². The lowest BCUT2D eigenvalue weighted by atomic mass is 10.1. The second-order valence-electron chi connectivity index (χ2n) is 4.74. The molecule has 0 spiro atoms. The van der Waals surface area contributed by atoms with E-state index in [1.165, 1.54) is 12.8 Å². The third-order valence-corrected chi connectivity index (χ3v) is 2.97. The van der Waals surface area contributed by atoms with E-state index < -0.39 is 6.10 Å². The molecule has 4 heteroatoms. The molecule has 106 valence electrons. The minimum absolute atomic E-state index is 0.179. The second-order valence-corrected chi connectivity index (χ2v) is 4.74. The number of carbonyl (C=O) groups is 1. The first kappa shape index (κ1) is 15.5. The third kappa shape index (κ3) is 6.25. The Bertz CT molecular complexity index is 374. The van der Waals surface area contributed by atoms with Crippen molar-refractivity contribution in [2.75, 3.05) is 11.9 Å². The van der Waals surface area contributed by atoms with E-state index in [1.54, 1.807) is 19.1 Å². The molecular weight excluding hydrogens is 240 g/mol. The van der Waals surface area contributed by atoms with Gasteiger partial charge in [0, 0.05) is 12.2 Å². The van der Waals surface area contributed by atoms with E-state index in [4.69, 9.17) is 0 Å². The van der Waals surface area contributed by atoms with Gasteiger partial charge in [0.1, 0.15) is 0 Å². The average Bonchev–Trinajstić information content (AvgIpc) is 2.39. The van der Waals surface area contributed by atoms with Gasteiger partial charge in [0.05, 0.1) is 6.10 Å². The summed E-state index contributed by atoms with van der Waals surface area (Å²) in [5.74, 6) is 0. The van der Waals surface area contributed by atoms with Crippen LogP contribution >= 0.6 is 0 Å². The van der Waals surface area contributed by atoms with Crippen LogP contribution in [0.25, 0.3) is 0 Å². The highest BCUT2D eigenvalue weighted by Gasteiger charge is 2.03. The molecule has 0 aliphatic heterocycles. The van der Waals surface area contributed by atoms with E-state index >= 15 is 0 Å². The number of amides is 2. The van der Waals surface area contributed by atoms with Crippen LogP contribution in [0.3, 0.4) is 0 Å². The first-order valence-corrected chi connectivity index (χ1v) is 6.96. The number of aliphatic hydroxyl groups is 1. The number of rotatable bonds is 7. The second kappa shape index (κ2) is 8.53. The van der Waals surface area contributed by atoms with Crippen molar-refractivity contribution in [3.63, 3.8) is 0 Å². The van der Waals surface area contributed by atoms with Crippen LogP contribution in [0, 0.1) is 0 Å². The molecule has 19 heavy (non-hydrogen) atoms. The van der Waals surface area contributed by atoms with Gasteiger partial charge in [-0.3, -0.25) is 0 Å². The molecule has 0 aliphatic rings. The Balaban J connectivity index is 2.28. The lowest BCUT2D eigenvalue weighted by molar-refractivity contribution is 0.199. The summed E-state index contributed by atoms with van der Waals surface area (Å²) < 4.78 is 0. The summed E-state index contributed by atoms with van der Waals surface area (Å²) in [4.78, 5) is 11.6. The Labute approximate surface area is 115 Å². The van der Waals surface area contributed by atoms with Gasteiger partial charge in [-0.2, -0.15) is 0 Å². The van der Waals surface area contributed by atoms with Crippen LogP contribution in [0.15, 0.2) is 24.3 Å². The van der Waals surface area contributed by atoms with Gasteiger partial charge in [0.25, 0.3) is 0 Å². The van der Waals surface area contributed by atoms with Crippen molar-refractivity contribution in [3.05, 3.63) is 29.8 Å². The molecule has 1 rings (SSSR count). The number of unbranched alkanes of at least 4 members (excludes halogenated alkanes) is 3. The van der Waals surface area contributed by atoms with Gasteiger partial charge < -0.3 is 15.7 Å². The van der Waals surface area contributed by atoms with E-state index in [1.807, 2.05) is 12.1 Å². The summed E-state index contributed by atoms with van der Waals surface area (Å²) >= 11 is 0. The molecule has 3 N–H and O–H groups in total. The fourth-order valence-electron chi connectivity index (χ4n) is 1.77. The van der Waals surface area contributed by atoms with Gasteiger partial charge in [0.15, 0.2) is 0 Å². The maximum absolute atomic E-state index is 11.6. The van der Waals surface area contributed by atoms with Crippen LogP contribution in [-0.2, 0) is 0 Å². The van der Waals surface area contributed by atoms with E-state index in [0.29, 0.717) is 6.54 Å². The highest BCUT2D eigenvalue weighted by molar-refractivity contribution is 5.89. The molecule has 1 atom stereocenters. The number of anilines is 1. The van der Waals surface area contributed by atoms with Crippen LogP contribution in [0.4, 0.5) is 10.5 Å². The van der Waals surface area contributed by atoms with E-state index in [2.05, 4.69) is 17.6 Å². The number of benzene rings is 1. The van der Waals surface area contributed by atoms with Crippen molar-refractivity contribution in [3.8, 4) is 0 Å². The number of nitrogens with one attached hydrogen (secondary N) is 2. The molecule has 0 fully saturated rings. The molecule has 0 heterocycles. The molecule has 0 saturated heterocycles. The summed E-state index contributed by atoms with van der Waals surface area (Å²) in [5.41, 5.74) is 1.57. The largest absolute Gasteiger partial charge is 0.389 e. The summed E-state index contributed by atoms with van der Waals surface area (Å²) in [6, 6.07) is 7.02. The molecule has 2 amide bonds. The van der Waals surface area contributed by atoms with Gasteiger partial charge in [-0.05, 0) is 31.0 Å². The molecule has 4 nitrogen and oxygen atoms in total. The molecule has 0 aromatic heterocycles. The molecule has 1 aromatic carbocycles. The predicted octanol–water partition coefficient (Wildman–Crippen LogP) is 3.44. The molecule has 1 aromatic rings. The maximum atomic E-state index is 11.6. The Morgan fingerprint density at radius 2 is 1.89 bits per heavy atom. The zero-order valence-electron chi connectivity index (χ0n) is 11.8. The minimum atomic E-state index is -0.485. The topological polar surface area (TPSA) is 61.4 Å². The standard InChI is InChI=1S/C15H24N2O2/c1-3-4-5-6-11-16-15(19)17-14-9-7-13(8-10-14)12(2)18/h7-10,12,18H,3-6,11H2,1-2H3,(H2,16,17,19). The van der Waals surface area contributed by atoms with Crippen molar-refractivity contribution >= 4 is 11.7 Å². The van der Waals surface area contributed by atoms with Crippen LogP contribution < -0.4 is 10.6 Å². The lowest BCUT2D eigenvalue weighted by Crippen LogP contribution is -2.29. The monoisotopic (exact) mass is 264 g/mol.